The summed E-state index contributed by atoms with van der Waals surface area (Å²) in [6.07, 6.45) is 0. The van der Waals surface area contributed by atoms with E-state index in [1.807, 2.05) is 30.3 Å². The summed E-state index contributed by atoms with van der Waals surface area (Å²) in [5.74, 6) is 3.10. The second-order valence-corrected chi connectivity index (χ2v) is 7.24. The van der Waals surface area contributed by atoms with E-state index in [9.17, 15) is 0 Å². The predicted molar refractivity (Wildman–Crippen MR) is 98.4 cm³/mol. The molecule has 0 spiro atoms. The van der Waals surface area contributed by atoms with E-state index in [0.717, 1.165) is 22.5 Å². The van der Waals surface area contributed by atoms with Gasteiger partial charge in [0, 0.05) is 11.8 Å². The van der Waals surface area contributed by atoms with Crippen LogP contribution in [-0.4, -0.2) is 21.9 Å². The maximum absolute atomic E-state index is 5.63. The summed E-state index contributed by atoms with van der Waals surface area (Å²) in [5.41, 5.74) is 1.18. The predicted octanol–water partition coefficient (Wildman–Crippen LogP) is 5.18. The molecule has 0 aliphatic heterocycles. The van der Waals surface area contributed by atoms with Crippen LogP contribution in [-0.2, 0) is 5.75 Å². The summed E-state index contributed by atoms with van der Waals surface area (Å²) in [5, 5.41) is 9.54. The number of ether oxygens (including phenoxy) is 1. The van der Waals surface area contributed by atoms with Crippen molar-refractivity contribution in [3.8, 4) is 17.3 Å². The maximum atomic E-state index is 5.63. The minimum atomic E-state index is 0.228. The largest absolute Gasteiger partial charge is 0.497 e. The van der Waals surface area contributed by atoms with E-state index in [1.54, 1.807) is 18.9 Å². The Morgan fingerprint density at radius 3 is 2.75 bits per heavy atom. The number of nitrogens with zero attached hydrogens (tertiary/aromatic N) is 3. The van der Waals surface area contributed by atoms with Crippen molar-refractivity contribution in [2.24, 2.45) is 0 Å². The number of halogens is 1. The van der Waals surface area contributed by atoms with Gasteiger partial charge >= 0.3 is 0 Å². The summed E-state index contributed by atoms with van der Waals surface area (Å²) in [4.78, 5) is 0. The van der Waals surface area contributed by atoms with Crippen LogP contribution in [0, 0.1) is 0 Å². The van der Waals surface area contributed by atoms with Crippen LogP contribution in [0.25, 0.3) is 11.6 Å². The number of rotatable bonds is 6. The first-order valence-electron chi connectivity index (χ1n) is 7.55. The summed E-state index contributed by atoms with van der Waals surface area (Å²) in [6.45, 7) is 4.22. The molecule has 0 saturated heterocycles. The molecule has 2 heterocycles. The Morgan fingerprint density at radius 1 is 1.25 bits per heavy atom. The lowest BCUT2D eigenvalue weighted by Crippen LogP contribution is -2.04. The van der Waals surface area contributed by atoms with E-state index in [-0.39, 0.29) is 6.04 Å². The number of hydrogen-bond acceptors (Lipinski definition) is 5. The molecule has 126 valence electrons. The van der Waals surface area contributed by atoms with Crippen LogP contribution in [0.3, 0.4) is 0 Å². The van der Waals surface area contributed by atoms with Crippen LogP contribution < -0.4 is 4.74 Å². The zero-order valence-corrected chi connectivity index (χ0v) is 16.1. The van der Waals surface area contributed by atoms with E-state index in [0.29, 0.717) is 10.4 Å². The van der Waals surface area contributed by atoms with Gasteiger partial charge in [-0.05, 0) is 59.6 Å². The second-order valence-electron chi connectivity index (χ2n) is 5.51. The van der Waals surface area contributed by atoms with Crippen LogP contribution in [0.2, 0.25) is 0 Å². The third kappa shape index (κ3) is 3.67. The molecular weight excluding hydrogens is 390 g/mol. The minimum absolute atomic E-state index is 0.228. The van der Waals surface area contributed by atoms with Gasteiger partial charge in [-0.25, -0.2) is 0 Å². The lowest BCUT2D eigenvalue weighted by molar-refractivity contribution is 0.414. The van der Waals surface area contributed by atoms with Gasteiger partial charge in [0.15, 0.2) is 15.6 Å². The molecule has 7 heteroatoms. The molecule has 24 heavy (non-hydrogen) atoms. The number of benzene rings is 1. The van der Waals surface area contributed by atoms with Crippen LogP contribution in [0.5, 0.6) is 5.75 Å². The number of hydrogen-bond donors (Lipinski definition) is 0. The van der Waals surface area contributed by atoms with Crippen LogP contribution in [0.15, 0.2) is 50.6 Å². The highest BCUT2D eigenvalue weighted by molar-refractivity contribution is 9.10. The Kier molecular flexibility index (Phi) is 5.30. The average molecular weight is 408 g/mol. The van der Waals surface area contributed by atoms with Gasteiger partial charge in [-0.3, -0.25) is 4.57 Å². The summed E-state index contributed by atoms with van der Waals surface area (Å²) >= 11 is 4.98. The summed E-state index contributed by atoms with van der Waals surface area (Å²) in [7, 11) is 1.68. The van der Waals surface area contributed by atoms with Crippen molar-refractivity contribution in [3.05, 3.63) is 46.6 Å². The third-order valence-corrected chi connectivity index (χ3v) is 4.92. The lowest BCUT2D eigenvalue weighted by Gasteiger charge is -2.12. The van der Waals surface area contributed by atoms with Crippen molar-refractivity contribution in [3.63, 3.8) is 0 Å². The standard InChI is InChI=1S/C17H18BrN3O2S/c1-11(2)21-16(14-7-8-15(18)23-14)19-20-17(21)24-10-12-5-4-6-13(9-12)22-3/h4-9,11H,10H2,1-3H3. The van der Waals surface area contributed by atoms with Gasteiger partial charge < -0.3 is 9.15 Å². The van der Waals surface area contributed by atoms with Gasteiger partial charge in [-0.15, -0.1) is 10.2 Å². The first-order valence-corrected chi connectivity index (χ1v) is 9.32. The Hall–Kier alpha value is -1.73. The quantitative estimate of drug-likeness (QED) is 0.526. The molecule has 2 aromatic heterocycles. The molecule has 0 radical (unpaired) electrons. The number of furan rings is 1. The number of methoxy groups -OCH3 is 1. The van der Waals surface area contributed by atoms with Crippen molar-refractivity contribution in [1.29, 1.82) is 0 Å². The molecule has 0 amide bonds. The van der Waals surface area contributed by atoms with Gasteiger partial charge in [-0.2, -0.15) is 0 Å². The maximum Gasteiger partial charge on any atom is 0.200 e. The molecule has 3 aromatic rings. The number of thioether (sulfide) groups is 1. The highest BCUT2D eigenvalue weighted by atomic mass is 79.9. The van der Waals surface area contributed by atoms with Crippen LogP contribution >= 0.6 is 27.7 Å². The Bertz CT molecular complexity index is 829. The molecule has 0 aliphatic carbocycles. The highest BCUT2D eigenvalue weighted by Gasteiger charge is 2.19. The first kappa shape index (κ1) is 17.1. The Labute approximate surface area is 153 Å². The third-order valence-electron chi connectivity index (χ3n) is 3.48. The first-order chi connectivity index (χ1) is 11.6. The molecule has 0 saturated carbocycles. The van der Waals surface area contributed by atoms with Gasteiger partial charge in [0.1, 0.15) is 5.75 Å². The van der Waals surface area contributed by atoms with E-state index >= 15 is 0 Å². The van der Waals surface area contributed by atoms with Crippen LogP contribution in [0.1, 0.15) is 25.5 Å². The normalized spacial score (nSPS) is 11.2. The fourth-order valence-electron chi connectivity index (χ4n) is 2.35. The van der Waals surface area contributed by atoms with Crippen molar-refractivity contribution in [2.75, 3.05) is 7.11 Å². The molecule has 0 N–H and O–H groups in total. The average Bonchev–Trinajstić information content (AvgIpc) is 3.19. The van der Waals surface area contributed by atoms with Crippen molar-refractivity contribution in [1.82, 2.24) is 14.8 Å². The Morgan fingerprint density at radius 2 is 2.08 bits per heavy atom. The summed E-state index contributed by atoms with van der Waals surface area (Å²) in [6, 6.07) is 12.0. The van der Waals surface area contributed by atoms with Gasteiger partial charge in [0.2, 0.25) is 5.82 Å². The molecular formula is C17H18BrN3O2S. The minimum Gasteiger partial charge on any atom is -0.497 e. The number of aromatic nitrogens is 3. The van der Waals surface area contributed by atoms with Crippen molar-refractivity contribution in [2.45, 2.75) is 30.8 Å². The Balaban J connectivity index is 1.84. The van der Waals surface area contributed by atoms with Crippen molar-refractivity contribution < 1.29 is 9.15 Å². The fourth-order valence-corrected chi connectivity index (χ4v) is 3.67. The molecule has 1 aromatic carbocycles. The SMILES string of the molecule is COc1cccc(CSc2nnc(-c3ccc(Br)o3)n2C(C)C)c1. The summed E-state index contributed by atoms with van der Waals surface area (Å²) < 4.78 is 13.7. The monoisotopic (exact) mass is 407 g/mol. The molecule has 5 nitrogen and oxygen atoms in total. The zero-order valence-electron chi connectivity index (χ0n) is 13.7. The second kappa shape index (κ2) is 7.44. The van der Waals surface area contributed by atoms with E-state index in [1.165, 1.54) is 5.56 Å². The van der Waals surface area contributed by atoms with E-state index in [2.05, 4.69) is 50.6 Å². The lowest BCUT2D eigenvalue weighted by atomic mass is 10.2. The molecule has 0 bridgehead atoms. The van der Waals surface area contributed by atoms with Crippen LogP contribution in [0.4, 0.5) is 0 Å². The van der Waals surface area contributed by atoms with Gasteiger partial charge in [0.25, 0.3) is 0 Å². The molecule has 0 atom stereocenters. The van der Waals surface area contributed by atoms with Gasteiger partial charge in [-0.1, -0.05) is 23.9 Å². The van der Waals surface area contributed by atoms with Crippen molar-refractivity contribution >= 4 is 27.7 Å². The highest BCUT2D eigenvalue weighted by Crippen LogP contribution is 2.31. The van der Waals surface area contributed by atoms with E-state index in [4.69, 9.17) is 9.15 Å². The van der Waals surface area contributed by atoms with E-state index < -0.39 is 0 Å². The zero-order chi connectivity index (χ0) is 17.1. The molecule has 0 fully saturated rings. The van der Waals surface area contributed by atoms with Gasteiger partial charge in [0.05, 0.1) is 7.11 Å². The fraction of sp³-hybridized carbons (Fsp3) is 0.294. The molecule has 3 rings (SSSR count). The topological polar surface area (TPSA) is 53.1 Å². The molecule has 0 aliphatic rings. The molecule has 0 unspecified atom stereocenters. The smallest absolute Gasteiger partial charge is 0.200 e.